The van der Waals surface area contributed by atoms with Gasteiger partial charge in [-0.15, -0.1) is 0 Å². The number of benzene rings is 1. The Labute approximate surface area is 211 Å². The van der Waals surface area contributed by atoms with Crippen molar-refractivity contribution >= 4 is 28.4 Å². The Bertz CT molecular complexity index is 1310. The molecule has 1 saturated heterocycles. The lowest BCUT2D eigenvalue weighted by atomic mass is 10.1. The summed E-state index contributed by atoms with van der Waals surface area (Å²) in [6.45, 7) is 5.00. The van der Waals surface area contributed by atoms with Crippen molar-refractivity contribution in [3.63, 3.8) is 0 Å². The predicted molar refractivity (Wildman–Crippen MR) is 130 cm³/mol. The van der Waals surface area contributed by atoms with Crippen molar-refractivity contribution in [1.29, 1.82) is 0 Å². The molecule has 1 N–H and O–H groups in total. The third kappa shape index (κ3) is 6.46. The molecule has 1 aliphatic rings. The van der Waals surface area contributed by atoms with Crippen LogP contribution >= 0.6 is 0 Å². The molecule has 1 aromatic heterocycles. The number of pyridine rings is 1. The molecule has 2 aromatic rings. The van der Waals surface area contributed by atoms with Gasteiger partial charge in [0.25, 0.3) is 0 Å². The highest BCUT2D eigenvalue weighted by molar-refractivity contribution is 7.89. The second-order valence-electron chi connectivity index (χ2n) is 8.28. The molecule has 2 heterocycles. The van der Waals surface area contributed by atoms with Crippen LogP contribution in [0.1, 0.15) is 31.0 Å². The zero-order valence-electron chi connectivity index (χ0n) is 20.0. The second-order valence-corrected chi connectivity index (χ2v) is 10.1. The molecule has 13 heteroatoms. The molecule has 1 aliphatic heterocycles. The zero-order valence-corrected chi connectivity index (χ0v) is 20.9. The summed E-state index contributed by atoms with van der Waals surface area (Å²) < 4.78 is 79.1. The van der Waals surface area contributed by atoms with Crippen LogP contribution < -0.4 is 5.32 Å². The topological polar surface area (TPSA) is 104 Å². The Hall–Kier alpha value is -3.45. The van der Waals surface area contributed by atoms with Crippen LogP contribution in [0.4, 0.5) is 17.6 Å². The minimum atomic E-state index is -4.58. The summed E-state index contributed by atoms with van der Waals surface area (Å²) in [5.74, 6) is -1.14. The van der Waals surface area contributed by atoms with Gasteiger partial charge in [0.05, 0.1) is 22.8 Å². The first-order valence-corrected chi connectivity index (χ1v) is 12.6. The summed E-state index contributed by atoms with van der Waals surface area (Å²) in [5, 5.41) is 2.64. The van der Waals surface area contributed by atoms with E-state index in [1.165, 1.54) is 19.2 Å². The average molecular weight is 540 g/mol. The predicted octanol–water partition coefficient (Wildman–Crippen LogP) is 3.60. The zero-order chi connectivity index (χ0) is 27.4. The molecule has 198 valence electrons. The van der Waals surface area contributed by atoms with Gasteiger partial charge in [0.2, 0.25) is 15.9 Å². The van der Waals surface area contributed by atoms with Crippen molar-refractivity contribution < 1.29 is 30.8 Å². The molecule has 37 heavy (non-hydrogen) atoms. The van der Waals surface area contributed by atoms with Crippen molar-refractivity contribution in [3.8, 4) is 0 Å². The first kappa shape index (κ1) is 28.1. The van der Waals surface area contributed by atoms with E-state index in [-0.39, 0.29) is 29.3 Å². The molecule has 3 rings (SSSR count). The van der Waals surface area contributed by atoms with Gasteiger partial charge in [0.15, 0.2) is 0 Å². The number of hydrogen-bond acceptors (Lipinski definition) is 6. The maximum atomic E-state index is 13.3. The lowest BCUT2D eigenvalue weighted by molar-refractivity contribution is -0.141. The van der Waals surface area contributed by atoms with Crippen molar-refractivity contribution in [1.82, 2.24) is 14.6 Å². The molecule has 2 atom stereocenters. The third-order valence-corrected chi connectivity index (χ3v) is 7.87. The number of rotatable bonds is 8. The molecule has 0 bridgehead atoms. The van der Waals surface area contributed by atoms with Crippen molar-refractivity contribution in [2.24, 2.45) is 9.98 Å². The molecular formula is C24H25F4N5O3S. The molecular weight excluding hydrogens is 514 g/mol. The van der Waals surface area contributed by atoms with Crippen molar-refractivity contribution in [3.05, 3.63) is 71.4 Å². The number of allylic oxidation sites excluding steroid dienone is 1. The Balaban J connectivity index is 1.75. The van der Waals surface area contributed by atoms with Gasteiger partial charge < -0.3 is 5.32 Å². The van der Waals surface area contributed by atoms with E-state index in [2.05, 4.69) is 27.0 Å². The fourth-order valence-corrected chi connectivity index (χ4v) is 5.77. The standard InChI is InChI=1S/C24H25F4N5O3S/c1-15-4-10-21(33(15)37(35,36)19-8-6-17(25)7-9-19)23(34)32-14-18(29-2)12-20(30-3)16-5-11-22(31-13-16)24(26,27)28/h5-9,11-13,15,21H,2,4,10,14H2,1,3H3,(H,32,34)/b18-12-,30-20+/t15-,21+/m1/s1. The summed E-state index contributed by atoms with van der Waals surface area (Å²) in [6.07, 6.45) is -1.38. The fraction of sp³-hybridized carbons (Fsp3) is 0.333. The van der Waals surface area contributed by atoms with E-state index in [4.69, 9.17) is 0 Å². The molecule has 0 saturated carbocycles. The van der Waals surface area contributed by atoms with Gasteiger partial charge in [-0.2, -0.15) is 17.5 Å². The van der Waals surface area contributed by atoms with E-state index in [0.717, 1.165) is 40.8 Å². The summed E-state index contributed by atoms with van der Waals surface area (Å²) in [6, 6.07) is 4.96. The highest BCUT2D eigenvalue weighted by Gasteiger charge is 2.43. The lowest BCUT2D eigenvalue weighted by Crippen LogP contribution is -2.48. The first-order valence-electron chi connectivity index (χ1n) is 11.1. The van der Waals surface area contributed by atoms with Crippen LogP contribution in [-0.4, -0.2) is 61.7 Å². The number of aliphatic imine (C=N–C) groups is 2. The number of carbonyl (C=O) groups excluding carboxylic acids is 1. The van der Waals surface area contributed by atoms with Gasteiger partial charge >= 0.3 is 6.18 Å². The largest absolute Gasteiger partial charge is 0.433 e. The number of aromatic nitrogens is 1. The van der Waals surface area contributed by atoms with Gasteiger partial charge in [-0.05, 0) is 69.0 Å². The summed E-state index contributed by atoms with van der Waals surface area (Å²) >= 11 is 0. The lowest BCUT2D eigenvalue weighted by Gasteiger charge is -2.27. The van der Waals surface area contributed by atoms with Gasteiger partial charge in [-0.25, -0.2) is 12.8 Å². The van der Waals surface area contributed by atoms with E-state index in [1.807, 2.05) is 0 Å². The van der Waals surface area contributed by atoms with Gasteiger partial charge in [-0.3, -0.25) is 19.8 Å². The smallest absolute Gasteiger partial charge is 0.349 e. The normalized spacial score (nSPS) is 19.6. The molecule has 8 nitrogen and oxygen atoms in total. The fourth-order valence-electron chi connectivity index (χ4n) is 3.94. The minimum absolute atomic E-state index is 0.122. The van der Waals surface area contributed by atoms with Crippen LogP contribution in [0.25, 0.3) is 0 Å². The molecule has 0 radical (unpaired) electrons. The first-order chi connectivity index (χ1) is 17.4. The number of nitrogens with zero attached hydrogens (tertiary/aromatic N) is 4. The van der Waals surface area contributed by atoms with Crippen LogP contribution in [0.5, 0.6) is 0 Å². The number of sulfonamides is 1. The number of hydrogen-bond donors (Lipinski definition) is 1. The van der Waals surface area contributed by atoms with E-state index in [1.54, 1.807) is 6.92 Å². The maximum absolute atomic E-state index is 13.3. The Morgan fingerprint density at radius 3 is 2.43 bits per heavy atom. The number of alkyl halides is 3. The summed E-state index contributed by atoms with van der Waals surface area (Å²) in [5.41, 5.74) is -0.249. The van der Waals surface area contributed by atoms with E-state index in [0.29, 0.717) is 12.0 Å². The Morgan fingerprint density at radius 1 is 1.22 bits per heavy atom. The van der Waals surface area contributed by atoms with E-state index >= 15 is 0 Å². The summed E-state index contributed by atoms with van der Waals surface area (Å²) in [7, 11) is -2.64. The summed E-state index contributed by atoms with van der Waals surface area (Å²) in [4.78, 5) is 24.2. The van der Waals surface area contributed by atoms with Gasteiger partial charge in [-0.1, -0.05) is 0 Å². The van der Waals surface area contributed by atoms with E-state index < -0.39 is 45.7 Å². The van der Waals surface area contributed by atoms with Gasteiger partial charge in [0, 0.05) is 24.8 Å². The molecule has 1 aromatic carbocycles. The van der Waals surface area contributed by atoms with Crippen LogP contribution in [0.2, 0.25) is 0 Å². The molecule has 1 amide bonds. The van der Waals surface area contributed by atoms with Crippen LogP contribution in [-0.2, 0) is 21.0 Å². The molecule has 0 aliphatic carbocycles. The Kier molecular flexibility index (Phi) is 8.59. The highest BCUT2D eigenvalue weighted by Crippen LogP contribution is 2.31. The van der Waals surface area contributed by atoms with Crippen LogP contribution in [0, 0.1) is 5.82 Å². The van der Waals surface area contributed by atoms with E-state index in [9.17, 15) is 30.8 Å². The molecule has 0 unspecified atom stereocenters. The minimum Gasteiger partial charge on any atom is -0.349 e. The quantitative estimate of drug-likeness (QED) is 0.409. The van der Waals surface area contributed by atoms with Gasteiger partial charge in [0.1, 0.15) is 17.6 Å². The second kappa shape index (κ2) is 11.3. The highest BCUT2D eigenvalue weighted by atomic mass is 32.2. The number of carbonyl (C=O) groups is 1. The number of amides is 1. The van der Waals surface area contributed by atoms with Crippen molar-refractivity contribution in [2.45, 2.75) is 42.9 Å². The van der Waals surface area contributed by atoms with Crippen LogP contribution in [0.15, 0.2) is 69.2 Å². The number of halogens is 4. The third-order valence-electron chi connectivity index (χ3n) is 5.83. The molecule has 1 fully saturated rings. The average Bonchev–Trinajstić information content (AvgIpc) is 3.26. The maximum Gasteiger partial charge on any atom is 0.433 e. The SMILES string of the molecule is C=N/C(=C\C(=N/C)c1ccc(C(F)(F)F)nc1)CNC(=O)[C@@H]1CC[C@@H](C)N1S(=O)(=O)c1ccc(F)cc1. The monoisotopic (exact) mass is 539 g/mol. The van der Waals surface area contributed by atoms with Crippen molar-refractivity contribution in [2.75, 3.05) is 13.6 Å². The molecule has 0 spiro atoms. The number of nitrogens with one attached hydrogen (secondary N) is 1. The van der Waals surface area contributed by atoms with Crippen LogP contribution in [0.3, 0.4) is 0 Å². The Morgan fingerprint density at radius 2 is 1.89 bits per heavy atom.